The second kappa shape index (κ2) is 16.2. The number of hydrogen-bond donors (Lipinski definition) is 0. The molecule has 0 amide bonds. The van der Waals surface area contributed by atoms with E-state index in [4.69, 9.17) is 8.83 Å². The van der Waals surface area contributed by atoms with Gasteiger partial charge in [0.15, 0.2) is 0 Å². The maximum atomic E-state index is 6.35. The van der Waals surface area contributed by atoms with Crippen LogP contribution in [-0.2, 0) is 0 Å². The zero-order valence-corrected chi connectivity index (χ0v) is 38.1. The van der Waals surface area contributed by atoms with Crippen molar-refractivity contribution in [3.8, 4) is 77.9 Å². The molecule has 0 aliphatic carbocycles. The molecule has 2 heterocycles. The Kier molecular flexibility index (Phi) is 9.25. The summed E-state index contributed by atoms with van der Waals surface area (Å²) in [7, 11) is 0. The van der Waals surface area contributed by atoms with Crippen molar-refractivity contribution in [1.82, 2.24) is 0 Å². The quantitative estimate of drug-likeness (QED) is 0.159. The third kappa shape index (κ3) is 6.88. The van der Waals surface area contributed by atoms with E-state index in [1.165, 1.54) is 77.2 Å². The molecule has 326 valence electrons. The fourth-order valence-corrected chi connectivity index (χ4v) is 10.7. The molecule has 2 heteroatoms. The molecule has 14 rings (SSSR count). The first-order chi connectivity index (χ1) is 34.6. The molecular weight excluding hydrogens is 849 g/mol. The van der Waals surface area contributed by atoms with E-state index in [1.54, 1.807) is 0 Å². The maximum absolute atomic E-state index is 6.35. The molecule has 0 radical (unpaired) electrons. The number of rotatable bonds is 7. The highest BCUT2D eigenvalue weighted by Gasteiger charge is 2.17. The highest BCUT2D eigenvalue weighted by atomic mass is 16.3. The molecule has 0 aliphatic heterocycles. The fourth-order valence-electron chi connectivity index (χ4n) is 10.7. The minimum Gasteiger partial charge on any atom is -0.456 e. The van der Waals surface area contributed by atoms with Gasteiger partial charge in [-0.15, -0.1) is 0 Å². The number of para-hydroxylation sites is 2. The Hall–Kier alpha value is -9.24. The third-order valence-electron chi connectivity index (χ3n) is 14.2. The van der Waals surface area contributed by atoms with Crippen LogP contribution in [0.15, 0.2) is 264 Å². The van der Waals surface area contributed by atoms with Crippen LogP contribution >= 0.6 is 0 Å². The first kappa shape index (κ1) is 39.9. The summed E-state index contributed by atoms with van der Waals surface area (Å²) in [5.41, 5.74) is 20.0. The summed E-state index contributed by atoms with van der Waals surface area (Å²) in [6.45, 7) is 0. The average Bonchev–Trinajstić information content (AvgIpc) is 4.00. The van der Waals surface area contributed by atoms with Gasteiger partial charge < -0.3 is 8.83 Å². The summed E-state index contributed by atoms with van der Waals surface area (Å²) in [6.07, 6.45) is 0. The van der Waals surface area contributed by atoms with Gasteiger partial charge in [-0.3, -0.25) is 0 Å². The standard InChI is InChI=1S/C68H42O2/c1-3-13-43(14-4-1)45-17-11-19-47(33-45)49-25-27-51-35-55(41-61(59(51)37-49)53-29-31-67-63(39-53)57-21-7-9-23-65(57)69-67)56-36-52-28-26-50(48-20-12-18-46(34-48)44-15-5-2-6-16-44)38-60(52)62(42-56)54-30-32-68-64(40-54)58-22-8-10-24-66(58)70-68/h1-42H. The van der Waals surface area contributed by atoms with E-state index in [-0.39, 0.29) is 0 Å². The minimum absolute atomic E-state index is 0.886. The number of hydrogen-bond acceptors (Lipinski definition) is 2. The van der Waals surface area contributed by atoms with Gasteiger partial charge in [-0.2, -0.15) is 0 Å². The molecule has 70 heavy (non-hydrogen) atoms. The van der Waals surface area contributed by atoms with Gasteiger partial charge in [0, 0.05) is 21.5 Å². The van der Waals surface area contributed by atoms with Crippen LogP contribution in [0, 0.1) is 0 Å². The van der Waals surface area contributed by atoms with Crippen molar-refractivity contribution < 1.29 is 8.83 Å². The average molecular weight is 891 g/mol. The molecule has 14 aromatic rings. The zero-order chi connectivity index (χ0) is 46.1. The molecule has 0 atom stereocenters. The Morgan fingerprint density at radius 2 is 0.514 bits per heavy atom. The van der Waals surface area contributed by atoms with E-state index in [0.29, 0.717) is 0 Å². The van der Waals surface area contributed by atoms with Gasteiger partial charge in [0.2, 0.25) is 0 Å². The van der Waals surface area contributed by atoms with E-state index < -0.39 is 0 Å². The monoisotopic (exact) mass is 890 g/mol. The molecular formula is C68H42O2. The van der Waals surface area contributed by atoms with Gasteiger partial charge in [0.1, 0.15) is 22.3 Å². The van der Waals surface area contributed by atoms with E-state index >= 15 is 0 Å². The molecule has 12 aromatic carbocycles. The molecule has 0 fully saturated rings. The first-order valence-corrected chi connectivity index (χ1v) is 23.9. The second-order valence-corrected chi connectivity index (χ2v) is 18.4. The summed E-state index contributed by atoms with van der Waals surface area (Å²) in [5, 5.41) is 9.19. The van der Waals surface area contributed by atoms with Gasteiger partial charge in [-0.25, -0.2) is 0 Å². The summed E-state index contributed by atoms with van der Waals surface area (Å²) in [6, 6.07) is 92.4. The first-order valence-electron chi connectivity index (χ1n) is 23.9. The van der Waals surface area contributed by atoms with Gasteiger partial charge >= 0.3 is 0 Å². The van der Waals surface area contributed by atoms with Crippen LogP contribution in [0.4, 0.5) is 0 Å². The maximum Gasteiger partial charge on any atom is 0.135 e. The topological polar surface area (TPSA) is 26.3 Å². The van der Waals surface area contributed by atoms with Crippen LogP contribution in [0.5, 0.6) is 0 Å². The van der Waals surface area contributed by atoms with Crippen molar-refractivity contribution in [2.45, 2.75) is 0 Å². The lowest BCUT2D eigenvalue weighted by molar-refractivity contribution is 0.668. The lowest BCUT2D eigenvalue weighted by atomic mass is 9.87. The molecule has 0 saturated heterocycles. The minimum atomic E-state index is 0.886. The Balaban J connectivity index is 0.978. The number of fused-ring (bicyclic) bond motifs is 8. The molecule has 2 nitrogen and oxygen atoms in total. The fraction of sp³-hybridized carbons (Fsp3) is 0. The van der Waals surface area contributed by atoms with E-state index in [2.05, 4.69) is 243 Å². The highest BCUT2D eigenvalue weighted by Crippen LogP contribution is 2.43. The summed E-state index contributed by atoms with van der Waals surface area (Å²) in [5.74, 6) is 0. The normalized spacial score (nSPS) is 11.7. The van der Waals surface area contributed by atoms with Crippen LogP contribution in [0.25, 0.3) is 143 Å². The van der Waals surface area contributed by atoms with Crippen molar-refractivity contribution in [2.75, 3.05) is 0 Å². The Labute approximate surface area is 405 Å². The third-order valence-corrected chi connectivity index (χ3v) is 14.2. The van der Waals surface area contributed by atoms with E-state index in [9.17, 15) is 0 Å². The van der Waals surface area contributed by atoms with Crippen LogP contribution in [0.2, 0.25) is 0 Å². The molecule has 0 bridgehead atoms. The summed E-state index contributed by atoms with van der Waals surface area (Å²) in [4.78, 5) is 0. The van der Waals surface area contributed by atoms with Crippen molar-refractivity contribution in [3.05, 3.63) is 255 Å². The van der Waals surface area contributed by atoms with Crippen LogP contribution in [0.1, 0.15) is 0 Å². The molecule has 0 N–H and O–H groups in total. The molecule has 0 unspecified atom stereocenters. The lowest BCUT2D eigenvalue weighted by Crippen LogP contribution is -1.90. The zero-order valence-electron chi connectivity index (χ0n) is 38.1. The van der Waals surface area contributed by atoms with Crippen molar-refractivity contribution in [3.63, 3.8) is 0 Å². The van der Waals surface area contributed by atoms with Crippen molar-refractivity contribution >= 4 is 65.4 Å². The number of benzene rings is 12. The molecule has 2 aromatic heterocycles. The van der Waals surface area contributed by atoms with E-state index in [0.717, 1.165) is 66.1 Å². The smallest absolute Gasteiger partial charge is 0.135 e. The molecule has 0 saturated carbocycles. The van der Waals surface area contributed by atoms with Gasteiger partial charge in [0.25, 0.3) is 0 Å². The molecule has 0 spiro atoms. The Morgan fingerprint density at radius 3 is 0.971 bits per heavy atom. The highest BCUT2D eigenvalue weighted by molar-refractivity contribution is 6.11. The summed E-state index contributed by atoms with van der Waals surface area (Å²) < 4.78 is 12.7. The van der Waals surface area contributed by atoms with Crippen molar-refractivity contribution in [2.24, 2.45) is 0 Å². The summed E-state index contributed by atoms with van der Waals surface area (Å²) >= 11 is 0. The largest absolute Gasteiger partial charge is 0.456 e. The Bertz CT molecular complexity index is 4060. The number of furan rings is 2. The SMILES string of the molecule is c1ccc(-c2cccc(-c3ccc4cc(-c5cc(-c6ccc7oc8ccccc8c7c6)c6cc(-c7cccc(-c8ccccc8)c7)ccc6c5)cc(-c5ccc6oc7ccccc7c6c5)c4c3)c2)cc1. The van der Waals surface area contributed by atoms with Crippen LogP contribution in [0.3, 0.4) is 0 Å². The van der Waals surface area contributed by atoms with Gasteiger partial charge in [-0.1, -0.05) is 170 Å². The van der Waals surface area contributed by atoms with Crippen LogP contribution in [-0.4, -0.2) is 0 Å². The predicted octanol–water partition coefficient (Wildman–Crippen LogP) is 19.5. The molecule has 0 aliphatic rings. The van der Waals surface area contributed by atoms with Gasteiger partial charge in [-0.05, 0) is 184 Å². The van der Waals surface area contributed by atoms with E-state index in [1.807, 2.05) is 12.1 Å². The second-order valence-electron chi connectivity index (χ2n) is 18.4. The predicted molar refractivity (Wildman–Crippen MR) is 294 cm³/mol. The lowest BCUT2D eigenvalue weighted by Gasteiger charge is -2.16. The van der Waals surface area contributed by atoms with Gasteiger partial charge in [0.05, 0.1) is 0 Å². The van der Waals surface area contributed by atoms with Crippen LogP contribution < -0.4 is 0 Å². The Morgan fingerprint density at radius 1 is 0.171 bits per heavy atom. The van der Waals surface area contributed by atoms with Crippen molar-refractivity contribution in [1.29, 1.82) is 0 Å².